The highest BCUT2D eigenvalue weighted by atomic mass is 16.1. The Bertz CT molecular complexity index is 575. The Balaban J connectivity index is 2.03. The monoisotopic (exact) mass is 271 g/mol. The molecule has 0 spiro atoms. The Morgan fingerprint density at radius 2 is 2.00 bits per heavy atom. The zero-order valence-corrected chi connectivity index (χ0v) is 12.3. The number of hydrogen-bond acceptors (Lipinski definition) is 3. The molecule has 2 heterocycles. The van der Waals surface area contributed by atoms with E-state index in [4.69, 9.17) is 0 Å². The molecule has 2 aromatic rings. The number of aryl methyl sites for hydroxylation is 2. The van der Waals surface area contributed by atoms with E-state index in [1.165, 1.54) is 5.56 Å². The smallest absolute Gasteiger partial charge is 0.178 e. The van der Waals surface area contributed by atoms with Crippen LogP contribution in [0.4, 0.5) is 0 Å². The number of aromatic nitrogens is 2. The number of Topliss-reactive ketones (excluding diaryl/α,β-unsaturated/α-hetero) is 1. The van der Waals surface area contributed by atoms with Crippen LogP contribution in [0.5, 0.6) is 0 Å². The lowest BCUT2D eigenvalue weighted by molar-refractivity contribution is 0.0929. The van der Waals surface area contributed by atoms with Gasteiger partial charge in [0.1, 0.15) is 0 Å². The van der Waals surface area contributed by atoms with Crippen molar-refractivity contribution in [3.63, 3.8) is 0 Å². The van der Waals surface area contributed by atoms with Gasteiger partial charge in [-0.25, -0.2) is 0 Å². The Labute approximate surface area is 119 Å². The van der Waals surface area contributed by atoms with E-state index in [1.807, 2.05) is 32.0 Å². The summed E-state index contributed by atoms with van der Waals surface area (Å²) in [6.45, 7) is 8.04. The first-order valence-corrected chi connectivity index (χ1v) is 6.90. The molecule has 0 aliphatic carbocycles. The quantitative estimate of drug-likeness (QED) is 0.822. The fraction of sp³-hybridized carbons (Fsp3) is 0.375. The highest BCUT2D eigenvalue weighted by Gasteiger charge is 2.15. The molecule has 0 aliphatic rings. The predicted molar refractivity (Wildman–Crippen MR) is 79.8 cm³/mol. The van der Waals surface area contributed by atoms with Gasteiger partial charge < -0.3 is 4.98 Å². The molecule has 0 fully saturated rings. The molecule has 0 unspecified atom stereocenters. The summed E-state index contributed by atoms with van der Waals surface area (Å²) in [5.41, 5.74) is 3.96. The minimum atomic E-state index is 0.169. The molecule has 20 heavy (non-hydrogen) atoms. The SMILES string of the molecule is CCN(CC(=O)c1cc(C)[nH]c1C)Cc1ccncc1. The number of carbonyl (C=O) groups excluding carboxylic acids is 1. The first-order chi connectivity index (χ1) is 9.60. The summed E-state index contributed by atoms with van der Waals surface area (Å²) in [6, 6.07) is 5.90. The zero-order valence-electron chi connectivity index (χ0n) is 12.3. The summed E-state index contributed by atoms with van der Waals surface area (Å²) in [5, 5.41) is 0. The third kappa shape index (κ3) is 3.54. The Morgan fingerprint density at radius 1 is 1.30 bits per heavy atom. The average molecular weight is 271 g/mol. The van der Waals surface area contributed by atoms with E-state index in [0.717, 1.165) is 30.0 Å². The molecule has 4 heteroatoms. The molecular formula is C16H21N3O. The predicted octanol–water partition coefficient (Wildman–Crippen LogP) is 2.73. The molecule has 0 aliphatic heterocycles. The van der Waals surface area contributed by atoms with E-state index in [9.17, 15) is 4.79 Å². The van der Waals surface area contributed by atoms with Crippen molar-refractivity contribution < 1.29 is 4.79 Å². The number of pyridine rings is 1. The second-order valence-corrected chi connectivity index (χ2v) is 5.07. The summed E-state index contributed by atoms with van der Waals surface area (Å²) in [6.07, 6.45) is 3.56. The normalized spacial score (nSPS) is 11.0. The van der Waals surface area contributed by atoms with Crippen molar-refractivity contribution in [3.8, 4) is 0 Å². The van der Waals surface area contributed by atoms with Crippen LogP contribution >= 0.6 is 0 Å². The number of rotatable bonds is 6. The summed E-state index contributed by atoms with van der Waals surface area (Å²) in [5.74, 6) is 0.169. The van der Waals surface area contributed by atoms with Gasteiger partial charge in [0.05, 0.1) is 6.54 Å². The zero-order chi connectivity index (χ0) is 14.5. The largest absolute Gasteiger partial charge is 0.362 e. The van der Waals surface area contributed by atoms with Gasteiger partial charge in [0.15, 0.2) is 5.78 Å². The van der Waals surface area contributed by atoms with Gasteiger partial charge >= 0.3 is 0 Å². The van der Waals surface area contributed by atoms with Crippen LogP contribution in [0.25, 0.3) is 0 Å². The number of ketones is 1. The van der Waals surface area contributed by atoms with Crippen molar-refractivity contribution in [2.24, 2.45) is 0 Å². The number of nitrogens with zero attached hydrogens (tertiary/aromatic N) is 2. The molecule has 0 bridgehead atoms. The number of H-pyrrole nitrogens is 1. The lowest BCUT2D eigenvalue weighted by Crippen LogP contribution is -2.29. The molecule has 2 aromatic heterocycles. The van der Waals surface area contributed by atoms with Crippen molar-refractivity contribution in [1.29, 1.82) is 0 Å². The van der Waals surface area contributed by atoms with Crippen LogP contribution in [0.3, 0.4) is 0 Å². The maximum atomic E-state index is 12.4. The molecule has 0 amide bonds. The first-order valence-electron chi connectivity index (χ1n) is 6.90. The maximum absolute atomic E-state index is 12.4. The summed E-state index contributed by atoms with van der Waals surface area (Å²) >= 11 is 0. The van der Waals surface area contributed by atoms with Crippen LogP contribution in [-0.4, -0.2) is 33.7 Å². The van der Waals surface area contributed by atoms with E-state index >= 15 is 0 Å². The lowest BCUT2D eigenvalue weighted by atomic mass is 10.1. The molecular weight excluding hydrogens is 250 g/mol. The second kappa shape index (κ2) is 6.48. The number of carbonyl (C=O) groups is 1. The molecule has 106 valence electrons. The summed E-state index contributed by atoms with van der Waals surface area (Å²) in [4.78, 5) is 21.7. The second-order valence-electron chi connectivity index (χ2n) is 5.07. The van der Waals surface area contributed by atoms with Crippen LogP contribution in [-0.2, 0) is 6.54 Å². The van der Waals surface area contributed by atoms with E-state index in [0.29, 0.717) is 6.54 Å². The average Bonchev–Trinajstić information content (AvgIpc) is 2.78. The topological polar surface area (TPSA) is 49.0 Å². The van der Waals surface area contributed by atoms with Crippen LogP contribution < -0.4 is 0 Å². The Morgan fingerprint density at radius 3 is 2.55 bits per heavy atom. The van der Waals surface area contributed by atoms with Crippen LogP contribution in [0, 0.1) is 13.8 Å². The highest BCUT2D eigenvalue weighted by molar-refractivity contribution is 5.98. The van der Waals surface area contributed by atoms with Gasteiger partial charge in [-0.1, -0.05) is 6.92 Å². The fourth-order valence-corrected chi connectivity index (χ4v) is 2.33. The van der Waals surface area contributed by atoms with Crippen molar-refractivity contribution in [3.05, 3.63) is 53.1 Å². The van der Waals surface area contributed by atoms with Crippen LogP contribution in [0.2, 0.25) is 0 Å². The number of aromatic amines is 1. The van der Waals surface area contributed by atoms with E-state index in [2.05, 4.69) is 21.8 Å². The van der Waals surface area contributed by atoms with Gasteiger partial charge in [-0.05, 0) is 44.2 Å². The van der Waals surface area contributed by atoms with E-state index < -0.39 is 0 Å². The summed E-state index contributed by atoms with van der Waals surface area (Å²) < 4.78 is 0. The molecule has 0 saturated carbocycles. The molecule has 2 rings (SSSR count). The van der Waals surface area contributed by atoms with Gasteiger partial charge in [0.25, 0.3) is 0 Å². The van der Waals surface area contributed by atoms with Crippen molar-refractivity contribution in [1.82, 2.24) is 14.9 Å². The Kier molecular flexibility index (Phi) is 4.69. The summed E-state index contributed by atoms with van der Waals surface area (Å²) in [7, 11) is 0. The van der Waals surface area contributed by atoms with Crippen molar-refractivity contribution in [2.45, 2.75) is 27.3 Å². The minimum absolute atomic E-state index is 0.169. The standard InChI is InChI=1S/C16H21N3O/c1-4-19(10-14-5-7-17-8-6-14)11-16(20)15-9-12(2)18-13(15)3/h5-9,18H,4,10-11H2,1-3H3. The first kappa shape index (κ1) is 14.5. The number of nitrogens with one attached hydrogen (secondary N) is 1. The molecule has 0 saturated heterocycles. The van der Waals surface area contributed by atoms with Crippen LogP contribution in [0.15, 0.2) is 30.6 Å². The maximum Gasteiger partial charge on any atom is 0.178 e. The van der Waals surface area contributed by atoms with Gasteiger partial charge in [-0.2, -0.15) is 0 Å². The number of likely N-dealkylation sites (N-methyl/N-ethyl adjacent to an activating group) is 1. The van der Waals surface area contributed by atoms with Crippen molar-refractivity contribution in [2.75, 3.05) is 13.1 Å². The third-order valence-electron chi connectivity index (χ3n) is 3.42. The third-order valence-corrected chi connectivity index (χ3v) is 3.42. The van der Waals surface area contributed by atoms with E-state index in [-0.39, 0.29) is 5.78 Å². The van der Waals surface area contributed by atoms with Gasteiger partial charge in [-0.3, -0.25) is 14.7 Å². The molecule has 4 nitrogen and oxygen atoms in total. The minimum Gasteiger partial charge on any atom is -0.362 e. The van der Waals surface area contributed by atoms with Crippen LogP contribution in [0.1, 0.15) is 34.2 Å². The van der Waals surface area contributed by atoms with Crippen molar-refractivity contribution >= 4 is 5.78 Å². The molecule has 1 N–H and O–H groups in total. The van der Waals surface area contributed by atoms with E-state index in [1.54, 1.807) is 12.4 Å². The van der Waals surface area contributed by atoms with Gasteiger partial charge in [0.2, 0.25) is 0 Å². The number of hydrogen-bond donors (Lipinski definition) is 1. The molecule has 0 radical (unpaired) electrons. The molecule has 0 aromatic carbocycles. The highest BCUT2D eigenvalue weighted by Crippen LogP contribution is 2.12. The van der Waals surface area contributed by atoms with Gasteiger partial charge in [0, 0.05) is 35.9 Å². The Hall–Kier alpha value is -1.94. The fourth-order valence-electron chi connectivity index (χ4n) is 2.33. The van der Waals surface area contributed by atoms with Gasteiger partial charge in [-0.15, -0.1) is 0 Å². The molecule has 0 atom stereocenters. The lowest BCUT2D eigenvalue weighted by Gasteiger charge is -2.19.